The molecule has 0 aliphatic heterocycles. The molecule has 80 valence electrons. The van der Waals surface area contributed by atoms with Gasteiger partial charge in [0.05, 0.1) is 6.10 Å². The topological polar surface area (TPSA) is 20.2 Å². The smallest absolute Gasteiger partial charge is 0.0570 e. The lowest BCUT2D eigenvalue weighted by atomic mass is 9.77. The minimum atomic E-state index is -0.119. The lowest BCUT2D eigenvalue weighted by molar-refractivity contribution is 0.0460. The van der Waals surface area contributed by atoms with E-state index in [0.717, 1.165) is 12.8 Å². The highest BCUT2D eigenvalue weighted by Gasteiger charge is 2.26. The molecule has 0 amide bonds. The maximum Gasteiger partial charge on any atom is 0.0570 e. The fraction of sp³-hybridized carbons (Fsp3) is 1.00. The number of hydrogen-bond donors (Lipinski definition) is 1. The molecule has 0 heterocycles. The Labute approximate surface area is 83.5 Å². The van der Waals surface area contributed by atoms with Gasteiger partial charge in [-0.1, -0.05) is 53.9 Å². The van der Waals surface area contributed by atoms with Crippen LogP contribution in [0.25, 0.3) is 0 Å². The molecule has 0 aromatic heterocycles. The molecular formula is C12H26O. The Morgan fingerprint density at radius 1 is 1.15 bits per heavy atom. The summed E-state index contributed by atoms with van der Waals surface area (Å²) in [6.45, 7) is 10.9. The summed E-state index contributed by atoms with van der Waals surface area (Å²) in [5.74, 6) is 0.393. The van der Waals surface area contributed by atoms with E-state index in [9.17, 15) is 5.11 Å². The van der Waals surface area contributed by atoms with E-state index in [2.05, 4.69) is 34.6 Å². The van der Waals surface area contributed by atoms with Crippen molar-refractivity contribution in [3.63, 3.8) is 0 Å². The van der Waals surface area contributed by atoms with Crippen molar-refractivity contribution in [2.75, 3.05) is 0 Å². The molecule has 13 heavy (non-hydrogen) atoms. The van der Waals surface area contributed by atoms with E-state index in [1.165, 1.54) is 12.8 Å². The molecule has 2 unspecified atom stereocenters. The Kier molecular flexibility index (Phi) is 5.62. The van der Waals surface area contributed by atoms with E-state index in [4.69, 9.17) is 0 Å². The summed E-state index contributed by atoms with van der Waals surface area (Å²) in [4.78, 5) is 0. The summed E-state index contributed by atoms with van der Waals surface area (Å²) in [5, 5.41) is 9.88. The van der Waals surface area contributed by atoms with E-state index in [1.54, 1.807) is 0 Å². The molecule has 0 aliphatic rings. The first kappa shape index (κ1) is 13.0. The second-order valence-corrected chi connectivity index (χ2v) is 5.22. The molecule has 2 atom stereocenters. The zero-order chi connectivity index (χ0) is 10.5. The molecule has 0 spiro atoms. The highest BCUT2D eigenvalue weighted by molar-refractivity contribution is 4.76. The molecule has 0 radical (unpaired) electrons. The van der Waals surface area contributed by atoms with Gasteiger partial charge in [-0.3, -0.25) is 0 Å². The van der Waals surface area contributed by atoms with Crippen LogP contribution in [-0.2, 0) is 0 Å². The predicted molar refractivity (Wildman–Crippen MR) is 58.8 cm³/mol. The number of rotatable bonds is 5. The molecular weight excluding hydrogens is 160 g/mol. The standard InChI is InChI=1S/C12H26O/c1-6-7-8-9-11(13)10(2)12(3,4)5/h10-11,13H,6-9H2,1-5H3. The Hall–Kier alpha value is -0.0400. The van der Waals surface area contributed by atoms with Gasteiger partial charge in [-0.2, -0.15) is 0 Å². The predicted octanol–water partition coefficient (Wildman–Crippen LogP) is 3.61. The summed E-state index contributed by atoms with van der Waals surface area (Å²) in [6, 6.07) is 0. The zero-order valence-electron chi connectivity index (χ0n) is 9.93. The second kappa shape index (κ2) is 5.64. The normalized spacial score (nSPS) is 17.1. The first-order valence-corrected chi connectivity index (χ1v) is 5.57. The molecule has 0 aliphatic carbocycles. The van der Waals surface area contributed by atoms with Crippen molar-refractivity contribution < 1.29 is 5.11 Å². The van der Waals surface area contributed by atoms with Crippen LogP contribution in [0.4, 0.5) is 0 Å². The van der Waals surface area contributed by atoms with E-state index in [-0.39, 0.29) is 11.5 Å². The molecule has 0 aromatic rings. The number of unbranched alkanes of at least 4 members (excludes halogenated alkanes) is 2. The maximum atomic E-state index is 9.88. The van der Waals surface area contributed by atoms with Gasteiger partial charge in [0.1, 0.15) is 0 Å². The van der Waals surface area contributed by atoms with Crippen LogP contribution in [0.5, 0.6) is 0 Å². The average molecular weight is 186 g/mol. The number of hydrogen-bond acceptors (Lipinski definition) is 1. The zero-order valence-corrected chi connectivity index (χ0v) is 9.93. The van der Waals surface area contributed by atoms with Crippen molar-refractivity contribution in [1.82, 2.24) is 0 Å². The fourth-order valence-electron chi connectivity index (χ4n) is 1.43. The van der Waals surface area contributed by atoms with E-state index in [1.807, 2.05) is 0 Å². The van der Waals surface area contributed by atoms with Gasteiger partial charge in [0.25, 0.3) is 0 Å². The SMILES string of the molecule is CCCCCC(O)C(C)C(C)(C)C. The summed E-state index contributed by atoms with van der Waals surface area (Å²) in [5.41, 5.74) is 0.228. The Morgan fingerprint density at radius 3 is 2.08 bits per heavy atom. The van der Waals surface area contributed by atoms with E-state index >= 15 is 0 Å². The van der Waals surface area contributed by atoms with Gasteiger partial charge in [0, 0.05) is 0 Å². The van der Waals surface area contributed by atoms with Crippen molar-refractivity contribution in [2.24, 2.45) is 11.3 Å². The summed E-state index contributed by atoms with van der Waals surface area (Å²) >= 11 is 0. The molecule has 0 bridgehead atoms. The maximum absolute atomic E-state index is 9.88. The van der Waals surface area contributed by atoms with Crippen molar-refractivity contribution in [2.45, 2.75) is 66.4 Å². The first-order valence-electron chi connectivity index (χ1n) is 5.57. The van der Waals surface area contributed by atoms with Crippen LogP contribution >= 0.6 is 0 Å². The Bertz CT molecular complexity index is 124. The highest BCUT2D eigenvalue weighted by atomic mass is 16.3. The lowest BCUT2D eigenvalue weighted by Crippen LogP contribution is -2.29. The van der Waals surface area contributed by atoms with Gasteiger partial charge in [-0.15, -0.1) is 0 Å². The molecule has 1 nitrogen and oxygen atoms in total. The Balaban J connectivity index is 3.76. The minimum Gasteiger partial charge on any atom is -0.393 e. The summed E-state index contributed by atoms with van der Waals surface area (Å²) in [7, 11) is 0. The molecule has 1 heteroatoms. The molecule has 0 rings (SSSR count). The van der Waals surface area contributed by atoms with E-state index in [0.29, 0.717) is 5.92 Å². The third-order valence-electron chi connectivity index (χ3n) is 3.05. The number of aliphatic hydroxyl groups excluding tert-OH is 1. The minimum absolute atomic E-state index is 0.119. The van der Waals surface area contributed by atoms with Crippen molar-refractivity contribution in [3.8, 4) is 0 Å². The monoisotopic (exact) mass is 186 g/mol. The van der Waals surface area contributed by atoms with Crippen LogP contribution in [-0.4, -0.2) is 11.2 Å². The van der Waals surface area contributed by atoms with Gasteiger partial charge in [0.15, 0.2) is 0 Å². The fourth-order valence-corrected chi connectivity index (χ4v) is 1.43. The summed E-state index contributed by atoms with van der Waals surface area (Å²) in [6.07, 6.45) is 4.49. The molecule has 0 aromatic carbocycles. The van der Waals surface area contributed by atoms with Crippen LogP contribution in [0.1, 0.15) is 60.3 Å². The quantitative estimate of drug-likeness (QED) is 0.650. The third-order valence-corrected chi connectivity index (χ3v) is 3.05. The first-order chi connectivity index (χ1) is 5.89. The van der Waals surface area contributed by atoms with E-state index < -0.39 is 0 Å². The summed E-state index contributed by atoms with van der Waals surface area (Å²) < 4.78 is 0. The molecule has 0 saturated heterocycles. The number of aliphatic hydroxyl groups is 1. The van der Waals surface area contributed by atoms with Crippen molar-refractivity contribution in [3.05, 3.63) is 0 Å². The molecule has 0 fully saturated rings. The van der Waals surface area contributed by atoms with Gasteiger partial charge in [-0.05, 0) is 17.8 Å². The highest BCUT2D eigenvalue weighted by Crippen LogP contribution is 2.30. The van der Waals surface area contributed by atoms with Crippen LogP contribution in [0, 0.1) is 11.3 Å². The van der Waals surface area contributed by atoms with Gasteiger partial charge < -0.3 is 5.11 Å². The van der Waals surface area contributed by atoms with Crippen LogP contribution in [0.15, 0.2) is 0 Å². The average Bonchev–Trinajstić information content (AvgIpc) is 2.01. The largest absolute Gasteiger partial charge is 0.393 e. The molecule has 0 saturated carbocycles. The van der Waals surface area contributed by atoms with Crippen molar-refractivity contribution in [1.29, 1.82) is 0 Å². The van der Waals surface area contributed by atoms with Crippen LogP contribution < -0.4 is 0 Å². The lowest BCUT2D eigenvalue weighted by Gasteiger charge is -2.31. The van der Waals surface area contributed by atoms with Crippen LogP contribution in [0.3, 0.4) is 0 Å². The van der Waals surface area contributed by atoms with Gasteiger partial charge in [-0.25, -0.2) is 0 Å². The second-order valence-electron chi connectivity index (χ2n) is 5.22. The van der Waals surface area contributed by atoms with Crippen LogP contribution in [0.2, 0.25) is 0 Å². The molecule has 1 N–H and O–H groups in total. The van der Waals surface area contributed by atoms with Crippen molar-refractivity contribution >= 4 is 0 Å². The van der Waals surface area contributed by atoms with Gasteiger partial charge in [0.2, 0.25) is 0 Å². The van der Waals surface area contributed by atoms with Gasteiger partial charge >= 0.3 is 0 Å². The Morgan fingerprint density at radius 2 is 1.69 bits per heavy atom. The third kappa shape index (κ3) is 5.30.